The highest BCUT2D eigenvalue weighted by atomic mass is 32.2. The van der Waals surface area contributed by atoms with Crippen LogP contribution in [0.3, 0.4) is 0 Å². The minimum atomic E-state index is -0.373. The Balaban J connectivity index is 1.92. The lowest BCUT2D eigenvalue weighted by atomic mass is 10.0. The van der Waals surface area contributed by atoms with Gasteiger partial charge in [0, 0.05) is 37.1 Å². The monoisotopic (exact) mass is 286 g/mol. The van der Waals surface area contributed by atoms with Gasteiger partial charge in [-0.3, -0.25) is 4.79 Å². The standard InChI is InChI=1S/C13H22N2O3S/c1-18-13(17)11-4-2-3-6-15(11)12(16)8-10-9-19-7-5-14-10/h10-11,14H,2-9H2,1H3. The van der Waals surface area contributed by atoms with E-state index in [1.165, 1.54) is 7.11 Å². The number of thioether (sulfide) groups is 1. The summed E-state index contributed by atoms with van der Waals surface area (Å²) in [5, 5.41) is 3.36. The molecule has 0 spiro atoms. The summed E-state index contributed by atoms with van der Waals surface area (Å²) >= 11 is 1.88. The number of methoxy groups -OCH3 is 1. The average Bonchev–Trinajstić information content (AvgIpc) is 2.47. The minimum absolute atomic E-state index is 0.0788. The summed E-state index contributed by atoms with van der Waals surface area (Å²) in [6.07, 6.45) is 3.18. The van der Waals surface area contributed by atoms with E-state index in [2.05, 4.69) is 5.32 Å². The van der Waals surface area contributed by atoms with E-state index in [1.807, 2.05) is 11.8 Å². The van der Waals surface area contributed by atoms with Gasteiger partial charge < -0.3 is 15.0 Å². The zero-order valence-electron chi connectivity index (χ0n) is 11.4. The van der Waals surface area contributed by atoms with Gasteiger partial charge in [0.25, 0.3) is 0 Å². The van der Waals surface area contributed by atoms with E-state index >= 15 is 0 Å². The van der Waals surface area contributed by atoms with Crippen molar-refractivity contribution < 1.29 is 14.3 Å². The van der Waals surface area contributed by atoms with Crippen molar-refractivity contribution in [2.75, 3.05) is 31.7 Å². The van der Waals surface area contributed by atoms with Crippen LogP contribution in [0.15, 0.2) is 0 Å². The molecule has 0 radical (unpaired) electrons. The number of carbonyl (C=O) groups excluding carboxylic acids is 2. The predicted molar refractivity (Wildman–Crippen MR) is 75.1 cm³/mol. The number of piperidine rings is 1. The Morgan fingerprint density at radius 2 is 2.26 bits per heavy atom. The Hall–Kier alpha value is -0.750. The highest BCUT2D eigenvalue weighted by Crippen LogP contribution is 2.20. The summed E-state index contributed by atoms with van der Waals surface area (Å²) < 4.78 is 4.81. The first-order valence-electron chi connectivity index (χ1n) is 6.91. The molecule has 19 heavy (non-hydrogen) atoms. The van der Waals surface area contributed by atoms with Crippen molar-refractivity contribution in [3.05, 3.63) is 0 Å². The molecule has 2 aliphatic rings. The molecule has 2 rings (SSSR count). The number of nitrogens with zero attached hydrogens (tertiary/aromatic N) is 1. The van der Waals surface area contributed by atoms with Gasteiger partial charge in [-0.15, -0.1) is 0 Å². The first-order chi connectivity index (χ1) is 9.22. The highest BCUT2D eigenvalue weighted by molar-refractivity contribution is 7.99. The van der Waals surface area contributed by atoms with E-state index < -0.39 is 0 Å². The Kier molecular flexibility index (Phi) is 5.51. The van der Waals surface area contributed by atoms with Crippen molar-refractivity contribution in [3.63, 3.8) is 0 Å². The Morgan fingerprint density at radius 3 is 2.95 bits per heavy atom. The molecule has 6 heteroatoms. The van der Waals surface area contributed by atoms with E-state index in [0.29, 0.717) is 13.0 Å². The first kappa shape index (κ1) is 14.7. The molecule has 108 valence electrons. The van der Waals surface area contributed by atoms with Crippen molar-refractivity contribution in [1.82, 2.24) is 10.2 Å². The van der Waals surface area contributed by atoms with E-state index in [0.717, 1.165) is 37.3 Å². The van der Waals surface area contributed by atoms with Gasteiger partial charge in [-0.05, 0) is 19.3 Å². The molecule has 1 N–H and O–H groups in total. The number of esters is 1. The molecule has 2 saturated heterocycles. The van der Waals surface area contributed by atoms with Crippen LogP contribution in [-0.4, -0.2) is 60.6 Å². The molecular weight excluding hydrogens is 264 g/mol. The van der Waals surface area contributed by atoms with Crippen molar-refractivity contribution >= 4 is 23.6 Å². The van der Waals surface area contributed by atoms with E-state index in [4.69, 9.17) is 4.74 Å². The summed E-state index contributed by atoms with van der Waals surface area (Å²) in [5.74, 6) is 1.89. The van der Waals surface area contributed by atoms with Gasteiger partial charge in [0.2, 0.25) is 5.91 Å². The fourth-order valence-electron chi connectivity index (χ4n) is 2.69. The molecule has 2 unspecified atom stereocenters. The molecule has 2 fully saturated rings. The number of nitrogens with one attached hydrogen (secondary N) is 1. The fourth-order valence-corrected chi connectivity index (χ4v) is 3.64. The molecule has 5 nitrogen and oxygen atoms in total. The fraction of sp³-hybridized carbons (Fsp3) is 0.846. The third kappa shape index (κ3) is 3.86. The molecule has 2 heterocycles. The number of hydrogen-bond donors (Lipinski definition) is 1. The van der Waals surface area contributed by atoms with Gasteiger partial charge in [0.15, 0.2) is 0 Å². The van der Waals surface area contributed by atoms with Crippen LogP contribution in [0.2, 0.25) is 0 Å². The third-order valence-corrected chi connectivity index (χ3v) is 4.85. The van der Waals surface area contributed by atoms with Crippen LogP contribution in [0.1, 0.15) is 25.7 Å². The lowest BCUT2D eigenvalue weighted by molar-refractivity contribution is -0.154. The number of likely N-dealkylation sites (tertiary alicyclic amines) is 1. The molecular formula is C13H22N2O3S. The van der Waals surface area contributed by atoms with Gasteiger partial charge in [-0.2, -0.15) is 11.8 Å². The lowest BCUT2D eigenvalue weighted by Gasteiger charge is -2.35. The molecule has 2 atom stereocenters. The van der Waals surface area contributed by atoms with Crippen molar-refractivity contribution in [3.8, 4) is 0 Å². The first-order valence-corrected chi connectivity index (χ1v) is 8.06. The van der Waals surface area contributed by atoms with Crippen LogP contribution >= 0.6 is 11.8 Å². The van der Waals surface area contributed by atoms with Gasteiger partial charge in [0.05, 0.1) is 7.11 Å². The molecule has 0 aromatic carbocycles. The number of hydrogen-bond acceptors (Lipinski definition) is 5. The van der Waals surface area contributed by atoms with Crippen LogP contribution < -0.4 is 5.32 Å². The van der Waals surface area contributed by atoms with Gasteiger partial charge >= 0.3 is 5.97 Å². The predicted octanol–water partition coefficient (Wildman–Crippen LogP) is 0.636. The molecule has 0 aliphatic carbocycles. The normalized spacial score (nSPS) is 27.9. The summed E-state index contributed by atoms with van der Waals surface area (Å²) in [6.45, 7) is 1.64. The summed E-state index contributed by atoms with van der Waals surface area (Å²) in [7, 11) is 1.39. The Bertz CT molecular complexity index is 332. The average molecular weight is 286 g/mol. The van der Waals surface area contributed by atoms with Crippen molar-refractivity contribution in [1.29, 1.82) is 0 Å². The Morgan fingerprint density at radius 1 is 1.42 bits per heavy atom. The largest absolute Gasteiger partial charge is 0.467 e. The zero-order valence-corrected chi connectivity index (χ0v) is 12.2. The summed E-state index contributed by atoms with van der Waals surface area (Å²) in [4.78, 5) is 25.8. The number of amides is 1. The van der Waals surface area contributed by atoms with Gasteiger partial charge in [-0.25, -0.2) is 4.79 Å². The van der Waals surface area contributed by atoms with Crippen LogP contribution in [0.4, 0.5) is 0 Å². The molecule has 1 amide bonds. The van der Waals surface area contributed by atoms with Crippen LogP contribution in [0, 0.1) is 0 Å². The third-order valence-electron chi connectivity index (χ3n) is 3.72. The maximum absolute atomic E-state index is 12.4. The molecule has 2 aliphatic heterocycles. The van der Waals surface area contributed by atoms with Crippen molar-refractivity contribution in [2.45, 2.75) is 37.8 Å². The minimum Gasteiger partial charge on any atom is -0.467 e. The number of rotatable bonds is 3. The van der Waals surface area contributed by atoms with Crippen LogP contribution in [0.5, 0.6) is 0 Å². The maximum Gasteiger partial charge on any atom is 0.328 e. The Labute approximate surface area is 118 Å². The molecule has 0 saturated carbocycles. The lowest BCUT2D eigenvalue weighted by Crippen LogP contribution is -2.50. The van der Waals surface area contributed by atoms with Gasteiger partial charge in [-0.1, -0.05) is 0 Å². The molecule has 0 bridgehead atoms. The molecule has 0 aromatic heterocycles. The van der Waals surface area contributed by atoms with Crippen LogP contribution in [-0.2, 0) is 14.3 Å². The van der Waals surface area contributed by atoms with Crippen molar-refractivity contribution in [2.24, 2.45) is 0 Å². The number of ether oxygens (including phenoxy) is 1. The topological polar surface area (TPSA) is 58.6 Å². The second-order valence-electron chi connectivity index (χ2n) is 5.05. The maximum atomic E-state index is 12.4. The van der Waals surface area contributed by atoms with E-state index in [9.17, 15) is 9.59 Å². The second kappa shape index (κ2) is 7.14. The smallest absolute Gasteiger partial charge is 0.328 e. The second-order valence-corrected chi connectivity index (χ2v) is 6.20. The van der Waals surface area contributed by atoms with E-state index in [-0.39, 0.29) is 24.0 Å². The summed E-state index contributed by atoms with van der Waals surface area (Å²) in [5.41, 5.74) is 0. The van der Waals surface area contributed by atoms with Gasteiger partial charge in [0.1, 0.15) is 6.04 Å². The summed E-state index contributed by atoms with van der Waals surface area (Å²) in [6, 6.07) is -0.131. The number of carbonyl (C=O) groups is 2. The van der Waals surface area contributed by atoms with Crippen LogP contribution in [0.25, 0.3) is 0 Å². The SMILES string of the molecule is COC(=O)C1CCCCN1C(=O)CC1CSCCN1. The zero-order chi connectivity index (χ0) is 13.7. The van der Waals surface area contributed by atoms with E-state index in [1.54, 1.807) is 4.90 Å². The highest BCUT2D eigenvalue weighted by Gasteiger charge is 2.33. The molecule has 0 aromatic rings. The quantitative estimate of drug-likeness (QED) is 0.771.